The standard InChI is InChI=1S/C11H21NO2/c1-3-10-6-12-7-11(14-10,8-13-2)9-4-5-9/h9-10,12H,3-8H2,1-2H3. The number of nitrogens with one attached hydrogen (secondary N) is 1. The summed E-state index contributed by atoms with van der Waals surface area (Å²) in [6.07, 6.45) is 4.08. The van der Waals surface area contributed by atoms with Gasteiger partial charge in [-0.15, -0.1) is 0 Å². The van der Waals surface area contributed by atoms with Crippen LogP contribution in [0.4, 0.5) is 0 Å². The molecule has 1 N–H and O–H groups in total. The van der Waals surface area contributed by atoms with Gasteiger partial charge in [-0.3, -0.25) is 0 Å². The van der Waals surface area contributed by atoms with Crippen molar-refractivity contribution in [3.63, 3.8) is 0 Å². The summed E-state index contributed by atoms with van der Waals surface area (Å²) >= 11 is 0. The number of morpholine rings is 1. The summed E-state index contributed by atoms with van der Waals surface area (Å²) in [5, 5.41) is 3.48. The largest absolute Gasteiger partial charge is 0.382 e. The average Bonchev–Trinajstić information content (AvgIpc) is 3.02. The van der Waals surface area contributed by atoms with Crippen LogP contribution in [0.25, 0.3) is 0 Å². The maximum atomic E-state index is 6.20. The lowest BCUT2D eigenvalue weighted by Gasteiger charge is -2.41. The molecule has 0 spiro atoms. The van der Waals surface area contributed by atoms with Gasteiger partial charge in [-0.05, 0) is 25.2 Å². The quantitative estimate of drug-likeness (QED) is 0.737. The first-order valence-corrected chi connectivity index (χ1v) is 5.68. The van der Waals surface area contributed by atoms with Gasteiger partial charge < -0.3 is 14.8 Å². The summed E-state index contributed by atoms with van der Waals surface area (Å²) in [6, 6.07) is 0. The van der Waals surface area contributed by atoms with Crippen molar-refractivity contribution in [3.8, 4) is 0 Å². The molecule has 0 aromatic rings. The molecule has 2 unspecified atom stereocenters. The monoisotopic (exact) mass is 199 g/mol. The first-order valence-electron chi connectivity index (χ1n) is 5.68. The number of rotatable bonds is 4. The van der Waals surface area contributed by atoms with Crippen LogP contribution in [0.3, 0.4) is 0 Å². The Kier molecular flexibility index (Phi) is 3.10. The molecule has 3 nitrogen and oxygen atoms in total. The highest BCUT2D eigenvalue weighted by atomic mass is 16.5. The van der Waals surface area contributed by atoms with Gasteiger partial charge in [0.05, 0.1) is 12.7 Å². The molecule has 0 aromatic heterocycles. The first kappa shape index (κ1) is 10.4. The van der Waals surface area contributed by atoms with E-state index in [0.29, 0.717) is 6.10 Å². The lowest BCUT2D eigenvalue weighted by molar-refractivity contribution is -0.157. The Labute approximate surface area is 86.2 Å². The highest BCUT2D eigenvalue weighted by Gasteiger charge is 2.48. The maximum Gasteiger partial charge on any atom is 0.107 e. The molecule has 1 saturated carbocycles. The molecule has 0 radical (unpaired) electrons. The van der Waals surface area contributed by atoms with Gasteiger partial charge in [0.25, 0.3) is 0 Å². The SMILES string of the molecule is CCC1CNCC(COC)(C2CC2)O1. The highest BCUT2D eigenvalue weighted by Crippen LogP contribution is 2.43. The Bertz CT molecular complexity index is 190. The molecule has 1 aliphatic carbocycles. The Balaban J connectivity index is 2.01. The van der Waals surface area contributed by atoms with Crippen molar-refractivity contribution in [3.05, 3.63) is 0 Å². The molecular weight excluding hydrogens is 178 g/mol. The summed E-state index contributed by atoms with van der Waals surface area (Å²) in [4.78, 5) is 0. The fraction of sp³-hybridized carbons (Fsp3) is 1.00. The Morgan fingerprint density at radius 2 is 2.29 bits per heavy atom. The van der Waals surface area contributed by atoms with Crippen LogP contribution < -0.4 is 5.32 Å². The van der Waals surface area contributed by atoms with E-state index in [0.717, 1.165) is 32.0 Å². The zero-order chi connectivity index (χ0) is 10.0. The summed E-state index contributed by atoms with van der Waals surface area (Å²) in [7, 11) is 1.77. The van der Waals surface area contributed by atoms with E-state index < -0.39 is 0 Å². The van der Waals surface area contributed by atoms with Crippen LogP contribution in [0.1, 0.15) is 26.2 Å². The molecule has 3 heteroatoms. The van der Waals surface area contributed by atoms with Crippen molar-refractivity contribution in [2.75, 3.05) is 26.8 Å². The third kappa shape index (κ3) is 1.95. The van der Waals surface area contributed by atoms with E-state index in [-0.39, 0.29) is 5.60 Å². The van der Waals surface area contributed by atoms with Crippen molar-refractivity contribution in [1.29, 1.82) is 0 Å². The minimum absolute atomic E-state index is 0.0202. The number of hydrogen-bond acceptors (Lipinski definition) is 3. The Hall–Kier alpha value is -0.120. The normalized spacial score (nSPS) is 38.6. The van der Waals surface area contributed by atoms with Crippen molar-refractivity contribution in [2.45, 2.75) is 37.9 Å². The van der Waals surface area contributed by atoms with Crippen LogP contribution in [0, 0.1) is 5.92 Å². The zero-order valence-corrected chi connectivity index (χ0v) is 9.21. The van der Waals surface area contributed by atoms with Crippen molar-refractivity contribution >= 4 is 0 Å². The third-order valence-electron chi connectivity index (χ3n) is 3.36. The molecule has 2 aliphatic rings. The van der Waals surface area contributed by atoms with Crippen LogP contribution in [-0.2, 0) is 9.47 Å². The predicted octanol–water partition coefficient (Wildman–Crippen LogP) is 1.18. The van der Waals surface area contributed by atoms with Gasteiger partial charge in [0.15, 0.2) is 0 Å². The summed E-state index contributed by atoms with van der Waals surface area (Å²) in [5.74, 6) is 0.726. The minimum Gasteiger partial charge on any atom is -0.382 e. The van der Waals surface area contributed by atoms with Crippen LogP contribution in [0.15, 0.2) is 0 Å². The molecule has 1 saturated heterocycles. The molecule has 0 aromatic carbocycles. The second kappa shape index (κ2) is 4.17. The summed E-state index contributed by atoms with van der Waals surface area (Å²) < 4.78 is 11.5. The predicted molar refractivity (Wildman–Crippen MR) is 55.4 cm³/mol. The summed E-state index contributed by atoms with van der Waals surface area (Å²) in [6.45, 7) is 4.87. The van der Waals surface area contributed by atoms with E-state index in [4.69, 9.17) is 9.47 Å². The molecule has 2 atom stereocenters. The van der Waals surface area contributed by atoms with E-state index in [1.165, 1.54) is 12.8 Å². The molecule has 2 rings (SSSR count). The molecule has 1 heterocycles. The summed E-state index contributed by atoms with van der Waals surface area (Å²) in [5.41, 5.74) is -0.0202. The topological polar surface area (TPSA) is 30.5 Å². The lowest BCUT2D eigenvalue weighted by Crippen LogP contribution is -2.57. The van der Waals surface area contributed by atoms with Gasteiger partial charge in [-0.25, -0.2) is 0 Å². The number of methoxy groups -OCH3 is 1. The molecule has 0 amide bonds. The fourth-order valence-electron chi connectivity index (χ4n) is 2.38. The molecule has 2 fully saturated rings. The second-order valence-electron chi connectivity index (χ2n) is 4.55. The van der Waals surface area contributed by atoms with E-state index in [2.05, 4.69) is 12.2 Å². The van der Waals surface area contributed by atoms with Crippen LogP contribution in [0.5, 0.6) is 0 Å². The van der Waals surface area contributed by atoms with Gasteiger partial charge in [-0.2, -0.15) is 0 Å². The van der Waals surface area contributed by atoms with E-state index in [9.17, 15) is 0 Å². The highest BCUT2D eigenvalue weighted by molar-refractivity contribution is 5.00. The van der Waals surface area contributed by atoms with Crippen molar-refractivity contribution in [2.24, 2.45) is 5.92 Å². The second-order valence-corrected chi connectivity index (χ2v) is 4.55. The van der Waals surface area contributed by atoms with E-state index in [1.807, 2.05) is 0 Å². The molecule has 82 valence electrons. The molecule has 14 heavy (non-hydrogen) atoms. The third-order valence-corrected chi connectivity index (χ3v) is 3.36. The Morgan fingerprint density at radius 3 is 2.86 bits per heavy atom. The Morgan fingerprint density at radius 1 is 1.50 bits per heavy atom. The number of ether oxygens (including phenoxy) is 2. The maximum absolute atomic E-state index is 6.20. The van der Waals surface area contributed by atoms with Crippen LogP contribution in [0.2, 0.25) is 0 Å². The van der Waals surface area contributed by atoms with Crippen LogP contribution >= 0.6 is 0 Å². The van der Waals surface area contributed by atoms with Gasteiger partial charge in [0, 0.05) is 20.2 Å². The molecular formula is C11H21NO2. The van der Waals surface area contributed by atoms with Gasteiger partial charge >= 0.3 is 0 Å². The van der Waals surface area contributed by atoms with Crippen LogP contribution in [-0.4, -0.2) is 38.5 Å². The minimum atomic E-state index is -0.0202. The van der Waals surface area contributed by atoms with Crippen molar-refractivity contribution in [1.82, 2.24) is 5.32 Å². The van der Waals surface area contributed by atoms with Gasteiger partial charge in [0.1, 0.15) is 5.60 Å². The molecule has 0 bridgehead atoms. The van der Waals surface area contributed by atoms with Gasteiger partial charge in [-0.1, -0.05) is 6.92 Å². The van der Waals surface area contributed by atoms with E-state index >= 15 is 0 Å². The van der Waals surface area contributed by atoms with E-state index in [1.54, 1.807) is 7.11 Å². The lowest BCUT2D eigenvalue weighted by atomic mass is 9.95. The average molecular weight is 199 g/mol. The zero-order valence-electron chi connectivity index (χ0n) is 9.21. The fourth-order valence-corrected chi connectivity index (χ4v) is 2.38. The smallest absolute Gasteiger partial charge is 0.107 e. The van der Waals surface area contributed by atoms with Crippen molar-refractivity contribution < 1.29 is 9.47 Å². The van der Waals surface area contributed by atoms with Gasteiger partial charge in [0.2, 0.25) is 0 Å². The molecule has 1 aliphatic heterocycles. The first-order chi connectivity index (χ1) is 6.80. The number of hydrogen-bond donors (Lipinski definition) is 1.